The van der Waals surface area contributed by atoms with Gasteiger partial charge < -0.3 is 4.74 Å². The van der Waals surface area contributed by atoms with E-state index in [2.05, 4.69) is 46.8 Å². The molecule has 0 N–H and O–H groups in total. The molecule has 4 atom stereocenters. The van der Waals surface area contributed by atoms with Gasteiger partial charge in [0, 0.05) is 11.5 Å². The minimum atomic E-state index is 0.0414. The SMILES string of the molecule is Cc1cc(C)c2c(c1)C1[C@@H](C)[C@@H](C)CC1(C)O2. The Labute approximate surface area is 104 Å². The van der Waals surface area contributed by atoms with E-state index in [-0.39, 0.29) is 5.60 Å². The molecule has 0 amide bonds. The summed E-state index contributed by atoms with van der Waals surface area (Å²) in [5.41, 5.74) is 4.16. The van der Waals surface area contributed by atoms with E-state index in [1.165, 1.54) is 28.9 Å². The summed E-state index contributed by atoms with van der Waals surface area (Å²) in [6.07, 6.45) is 1.19. The fourth-order valence-corrected chi connectivity index (χ4v) is 4.14. The van der Waals surface area contributed by atoms with Crippen LogP contribution in [0.15, 0.2) is 12.1 Å². The Morgan fingerprint density at radius 3 is 2.65 bits per heavy atom. The summed E-state index contributed by atoms with van der Waals surface area (Å²) < 4.78 is 6.34. The Balaban J connectivity index is 2.17. The fourth-order valence-electron chi connectivity index (χ4n) is 4.14. The molecule has 17 heavy (non-hydrogen) atoms. The normalized spacial score (nSPS) is 38.8. The third kappa shape index (κ3) is 1.38. The second-order valence-corrected chi connectivity index (χ2v) is 6.43. The van der Waals surface area contributed by atoms with Crippen molar-refractivity contribution in [2.45, 2.75) is 52.6 Å². The molecule has 1 aromatic rings. The summed E-state index contributed by atoms with van der Waals surface area (Å²) in [6, 6.07) is 4.57. The van der Waals surface area contributed by atoms with Crippen molar-refractivity contribution in [2.24, 2.45) is 11.8 Å². The third-order valence-corrected chi connectivity index (χ3v) is 4.93. The molecule has 1 saturated carbocycles. The Hall–Kier alpha value is -0.980. The van der Waals surface area contributed by atoms with Gasteiger partial charge in [-0.2, -0.15) is 0 Å². The summed E-state index contributed by atoms with van der Waals surface area (Å²) in [4.78, 5) is 0. The summed E-state index contributed by atoms with van der Waals surface area (Å²) in [7, 11) is 0. The maximum atomic E-state index is 6.34. The highest BCUT2D eigenvalue weighted by atomic mass is 16.5. The molecule has 3 rings (SSSR count). The molecule has 0 radical (unpaired) electrons. The van der Waals surface area contributed by atoms with E-state index in [1.807, 2.05) is 0 Å². The number of aryl methyl sites for hydroxylation is 2. The summed E-state index contributed by atoms with van der Waals surface area (Å²) in [6.45, 7) is 11.4. The Morgan fingerprint density at radius 2 is 1.94 bits per heavy atom. The predicted molar refractivity (Wildman–Crippen MR) is 70.6 cm³/mol. The largest absolute Gasteiger partial charge is 0.486 e. The van der Waals surface area contributed by atoms with Gasteiger partial charge in [-0.25, -0.2) is 0 Å². The molecule has 0 spiro atoms. The number of hydrogen-bond acceptors (Lipinski definition) is 1. The summed E-state index contributed by atoms with van der Waals surface area (Å²) >= 11 is 0. The minimum Gasteiger partial charge on any atom is -0.486 e. The van der Waals surface area contributed by atoms with Crippen molar-refractivity contribution in [1.82, 2.24) is 0 Å². The molecule has 92 valence electrons. The van der Waals surface area contributed by atoms with Gasteiger partial charge in [-0.05, 0) is 44.6 Å². The number of hydrogen-bond donors (Lipinski definition) is 0. The zero-order valence-electron chi connectivity index (χ0n) is 11.5. The Bertz CT molecular complexity index is 477. The van der Waals surface area contributed by atoms with Crippen molar-refractivity contribution in [3.8, 4) is 5.75 Å². The van der Waals surface area contributed by atoms with Gasteiger partial charge in [-0.3, -0.25) is 0 Å². The quantitative estimate of drug-likeness (QED) is 0.648. The van der Waals surface area contributed by atoms with Crippen molar-refractivity contribution in [3.05, 3.63) is 28.8 Å². The van der Waals surface area contributed by atoms with E-state index in [1.54, 1.807) is 0 Å². The van der Waals surface area contributed by atoms with Gasteiger partial charge >= 0.3 is 0 Å². The van der Waals surface area contributed by atoms with Gasteiger partial charge in [0.1, 0.15) is 11.4 Å². The maximum Gasteiger partial charge on any atom is 0.126 e. The van der Waals surface area contributed by atoms with Gasteiger partial charge in [-0.15, -0.1) is 0 Å². The molecule has 1 fully saturated rings. The monoisotopic (exact) mass is 230 g/mol. The number of fused-ring (bicyclic) bond motifs is 3. The van der Waals surface area contributed by atoms with Crippen molar-refractivity contribution in [2.75, 3.05) is 0 Å². The van der Waals surface area contributed by atoms with Crippen molar-refractivity contribution >= 4 is 0 Å². The third-order valence-electron chi connectivity index (χ3n) is 4.93. The number of benzene rings is 1. The molecule has 1 heterocycles. The highest BCUT2D eigenvalue weighted by Crippen LogP contribution is 2.59. The van der Waals surface area contributed by atoms with Gasteiger partial charge in [0.25, 0.3) is 0 Å². The van der Waals surface area contributed by atoms with Crippen LogP contribution in [0.3, 0.4) is 0 Å². The van der Waals surface area contributed by atoms with E-state index in [9.17, 15) is 0 Å². The van der Waals surface area contributed by atoms with Crippen LogP contribution in [0, 0.1) is 25.7 Å². The Morgan fingerprint density at radius 1 is 1.24 bits per heavy atom. The molecule has 2 unspecified atom stereocenters. The highest BCUT2D eigenvalue weighted by molar-refractivity contribution is 5.51. The standard InChI is InChI=1S/C16H22O/c1-9-6-10(2)15-13(7-9)14-12(4)11(3)8-16(14,5)17-15/h6-7,11-12,14H,8H2,1-5H3/t11-,12-,14?,16?/m0/s1. The van der Waals surface area contributed by atoms with Crippen molar-refractivity contribution in [1.29, 1.82) is 0 Å². The summed E-state index contributed by atoms with van der Waals surface area (Å²) in [5, 5.41) is 0. The Kier molecular flexibility index (Phi) is 2.14. The predicted octanol–water partition coefficient (Wildman–Crippen LogP) is 4.21. The summed E-state index contributed by atoms with van der Waals surface area (Å²) in [5.74, 6) is 3.24. The fraction of sp³-hybridized carbons (Fsp3) is 0.625. The lowest BCUT2D eigenvalue weighted by Gasteiger charge is -2.24. The lowest BCUT2D eigenvalue weighted by atomic mass is 9.82. The van der Waals surface area contributed by atoms with Crippen LogP contribution in [-0.2, 0) is 0 Å². The maximum absolute atomic E-state index is 6.34. The second-order valence-electron chi connectivity index (χ2n) is 6.43. The van der Waals surface area contributed by atoms with E-state index < -0.39 is 0 Å². The van der Waals surface area contributed by atoms with E-state index in [0.717, 1.165) is 11.8 Å². The average Bonchev–Trinajstić information content (AvgIpc) is 2.60. The first-order chi connectivity index (χ1) is 7.92. The molecule has 0 bridgehead atoms. The first-order valence-corrected chi connectivity index (χ1v) is 6.72. The van der Waals surface area contributed by atoms with Gasteiger partial charge in [0.15, 0.2) is 0 Å². The highest BCUT2D eigenvalue weighted by Gasteiger charge is 2.54. The van der Waals surface area contributed by atoms with Crippen LogP contribution in [0.5, 0.6) is 5.75 Å². The van der Waals surface area contributed by atoms with Crippen LogP contribution in [0.25, 0.3) is 0 Å². The van der Waals surface area contributed by atoms with Gasteiger partial charge in [-0.1, -0.05) is 31.5 Å². The molecule has 1 aromatic carbocycles. The van der Waals surface area contributed by atoms with Crippen LogP contribution < -0.4 is 4.74 Å². The lowest BCUT2D eigenvalue weighted by Crippen LogP contribution is -2.30. The van der Waals surface area contributed by atoms with Gasteiger partial charge in [0.05, 0.1) is 0 Å². The molecule has 1 heteroatoms. The second kappa shape index (κ2) is 3.28. The average molecular weight is 230 g/mol. The van der Waals surface area contributed by atoms with Crippen molar-refractivity contribution < 1.29 is 4.74 Å². The zero-order valence-corrected chi connectivity index (χ0v) is 11.5. The van der Waals surface area contributed by atoms with E-state index >= 15 is 0 Å². The first kappa shape index (κ1) is 11.1. The zero-order chi connectivity index (χ0) is 12.4. The van der Waals surface area contributed by atoms with Crippen LogP contribution in [0.4, 0.5) is 0 Å². The molecule has 1 aliphatic carbocycles. The van der Waals surface area contributed by atoms with Crippen molar-refractivity contribution in [3.63, 3.8) is 0 Å². The van der Waals surface area contributed by atoms with E-state index in [0.29, 0.717) is 5.92 Å². The topological polar surface area (TPSA) is 9.23 Å². The molecular weight excluding hydrogens is 208 g/mol. The van der Waals surface area contributed by atoms with Gasteiger partial charge in [0.2, 0.25) is 0 Å². The first-order valence-electron chi connectivity index (χ1n) is 6.72. The lowest BCUT2D eigenvalue weighted by molar-refractivity contribution is 0.0999. The molecule has 0 saturated heterocycles. The van der Waals surface area contributed by atoms with Crippen LogP contribution >= 0.6 is 0 Å². The van der Waals surface area contributed by atoms with E-state index in [4.69, 9.17) is 4.74 Å². The number of ether oxygens (including phenoxy) is 1. The molecule has 2 aliphatic rings. The smallest absolute Gasteiger partial charge is 0.126 e. The minimum absolute atomic E-state index is 0.0414. The van der Waals surface area contributed by atoms with Crippen LogP contribution in [0.2, 0.25) is 0 Å². The molecular formula is C16H22O. The molecule has 1 aliphatic heterocycles. The molecule has 1 nitrogen and oxygen atoms in total. The molecule has 0 aromatic heterocycles. The number of rotatable bonds is 0. The van der Waals surface area contributed by atoms with Crippen LogP contribution in [-0.4, -0.2) is 5.60 Å². The van der Waals surface area contributed by atoms with Crippen LogP contribution in [0.1, 0.15) is 49.8 Å².